The molecule has 0 saturated carbocycles. The van der Waals surface area contributed by atoms with Crippen molar-refractivity contribution in [2.45, 2.75) is 13.5 Å². The maximum absolute atomic E-state index is 13.9. The number of benzene rings is 1. The molecule has 0 atom stereocenters. The number of phenols is 1. The third-order valence-electron chi connectivity index (χ3n) is 4.07. The van der Waals surface area contributed by atoms with Gasteiger partial charge in [0, 0.05) is 43.8 Å². The Labute approximate surface area is 146 Å². The Balaban J connectivity index is 1.66. The number of hydrogen-bond acceptors (Lipinski definition) is 5. The van der Waals surface area contributed by atoms with Gasteiger partial charge in [0.1, 0.15) is 0 Å². The monoisotopic (exact) mass is 371 g/mol. The minimum absolute atomic E-state index is 0.329. The second kappa shape index (κ2) is 7.01. The van der Waals surface area contributed by atoms with Crippen LogP contribution in [0.2, 0.25) is 0 Å². The summed E-state index contributed by atoms with van der Waals surface area (Å²) in [6.45, 7) is 4.44. The average molecular weight is 371 g/mol. The summed E-state index contributed by atoms with van der Waals surface area (Å²) in [4.78, 5) is 21.2. The van der Waals surface area contributed by atoms with Crippen molar-refractivity contribution in [1.82, 2.24) is 14.8 Å². The Morgan fingerprint density at radius 3 is 2.52 bits per heavy atom. The molecule has 1 saturated heterocycles. The molecule has 2 heterocycles. The van der Waals surface area contributed by atoms with Crippen LogP contribution in [0.1, 0.15) is 20.2 Å². The zero-order chi connectivity index (χ0) is 18.1. The lowest BCUT2D eigenvalue weighted by Gasteiger charge is -2.34. The van der Waals surface area contributed by atoms with Crippen LogP contribution in [0, 0.1) is 24.4 Å². The van der Waals surface area contributed by atoms with Gasteiger partial charge in [-0.15, -0.1) is 11.3 Å². The summed E-state index contributed by atoms with van der Waals surface area (Å²) >= 11 is 1.60. The van der Waals surface area contributed by atoms with E-state index in [0.717, 1.165) is 9.88 Å². The van der Waals surface area contributed by atoms with Gasteiger partial charge in [0.05, 0.1) is 10.6 Å². The normalized spacial score (nSPS) is 15.6. The number of aromatic nitrogens is 1. The molecule has 1 fully saturated rings. The highest BCUT2D eigenvalue weighted by Crippen LogP contribution is 2.27. The van der Waals surface area contributed by atoms with Crippen molar-refractivity contribution in [3.63, 3.8) is 0 Å². The van der Waals surface area contributed by atoms with Crippen LogP contribution in [0.25, 0.3) is 0 Å². The van der Waals surface area contributed by atoms with Gasteiger partial charge in [0.2, 0.25) is 5.82 Å². The molecule has 0 bridgehead atoms. The molecule has 1 aromatic carbocycles. The van der Waals surface area contributed by atoms with Gasteiger partial charge >= 0.3 is 0 Å². The molecule has 9 heteroatoms. The van der Waals surface area contributed by atoms with Gasteiger partial charge in [-0.25, -0.2) is 13.8 Å². The van der Waals surface area contributed by atoms with Crippen molar-refractivity contribution in [2.24, 2.45) is 0 Å². The molecule has 1 N–H and O–H groups in total. The number of hydrogen-bond donors (Lipinski definition) is 1. The van der Waals surface area contributed by atoms with Crippen molar-refractivity contribution in [3.05, 3.63) is 45.2 Å². The molecule has 2 aromatic rings. The van der Waals surface area contributed by atoms with Crippen LogP contribution in [-0.2, 0) is 6.54 Å². The molecule has 0 unspecified atom stereocenters. The standard InChI is InChI=1S/C16H16F3N3O2S/c1-9-20-7-10(25-9)8-21-2-4-22(5-3-21)16(24)11-6-12(17)14(19)15(23)13(11)18/h6-7,23H,2-5,8H2,1H3. The molecule has 0 radical (unpaired) electrons. The molecule has 1 aliphatic heterocycles. The number of nitrogens with zero attached hydrogens (tertiary/aromatic N) is 3. The smallest absolute Gasteiger partial charge is 0.257 e. The van der Waals surface area contributed by atoms with Gasteiger partial charge < -0.3 is 10.0 Å². The largest absolute Gasteiger partial charge is 0.503 e. The van der Waals surface area contributed by atoms with Crippen LogP contribution in [-0.4, -0.2) is 52.0 Å². The van der Waals surface area contributed by atoms with Crippen LogP contribution < -0.4 is 0 Å². The van der Waals surface area contributed by atoms with Gasteiger partial charge in [0.25, 0.3) is 5.91 Å². The van der Waals surface area contributed by atoms with Crippen molar-refractivity contribution < 1.29 is 23.1 Å². The van der Waals surface area contributed by atoms with Crippen LogP contribution in [0.4, 0.5) is 13.2 Å². The van der Waals surface area contributed by atoms with Crippen molar-refractivity contribution >= 4 is 17.2 Å². The second-order valence-corrected chi connectivity index (χ2v) is 7.12. The molecule has 134 valence electrons. The minimum atomic E-state index is -1.70. The molecule has 5 nitrogen and oxygen atoms in total. The molecule has 25 heavy (non-hydrogen) atoms. The SMILES string of the molecule is Cc1ncc(CN2CCN(C(=O)c3cc(F)c(F)c(O)c3F)CC2)s1. The zero-order valence-corrected chi connectivity index (χ0v) is 14.2. The maximum Gasteiger partial charge on any atom is 0.257 e. The van der Waals surface area contributed by atoms with E-state index in [2.05, 4.69) is 9.88 Å². The van der Waals surface area contributed by atoms with E-state index in [1.807, 2.05) is 13.1 Å². The summed E-state index contributed by atoms with van der Waals surface area (Å²) in [7, 11) is 0. The molecule has 1 amide bonds. The Bertz CT molecular complexity index is 804. The number of amides is 1. The highest BCUT2D eigenvalue weighted by Gasteiger charge is 2.28. The lowest BCUT2D eigenvalue weighted by atomic mass is 10.1. The number of rotatable bonds is 3. The number of carbonyl (C=O) groups excluding carboxylic acids is 1. The predicted octanol–water partition coefficient (Wildman–Crippen LogP) is 2.53. The lowest BCUT2D eigenvalue weighted by Crippen LogP contribution is -2.48. The van der Waals surface area contributed by atoms with Gasteiger partial charge in [-0.3, -0.25) is 9.69 Å². The number of thiazole rings is 1. The van der Waals surface area contributed by atoms with Crippen LogP contribution in [0.5, 0.6) is 5.75 Å². The van der Waals surface area contributed by atoms with Crippen LogP contribution in [0.3, 0.4) is 0 Å². The van der Waals surface area contributed by atoms with E-state index in [0.29, 0.717) is 38.8 Å². The van der Waals surface area contributed by atoms with Gasteiger partial charge in [0.15, 0.2) is 17.4 Å². The fourth-order valence-electron chi connectivity index (χ4n) is 2.72. The Morgan fingerprint density at radius 2 is 1.92 bits per heavy atom. The molecule has 3 rings (SSSR count). The van der Waals surface area contributed by atoms with Crippen molar-refractivity contribution in [1.29, 1.82) is 0 Å². The number of aryl methyl sites for hydroxylation is 1. The van der Waals surface area contributed by atoms with E-state index in [-0.39, 0.29) is 0 Å². The molecular formula is C16H16F3N3O2S. The number of aromatic hydroxyl groups is 1. The average Bonchev–Trinajstić information content (AvgIpc) is 3.01. The highest BCUT2D eigenvalue weighted by molar-refractivity contribution is 7.11. The van der Waals surface area contributed by atoms with Crippen molar-refractivity contribution in [3.8, 4) is 5.75 Å². The van der Waals surface area contributed by atoms with Crippen molar-refractivity contribution in [2.75, 3.05) is 26.2 Å². The Hall–Kier alpha value is -2.13. The quantitative estimate of drug-likeness (QED) is 0.843. The van der Waals surface area contributed by atoms with E-state index in [4.69, 9.17) is 0 Å². The van der Waals surface area contributed by atoms with E-state index in [1.54, 1.807) is 11.3 Å². The van der Waals surface area contributed by atoms with E-state index in [9.17, 15) is 23.1 Å². The van der Waals surface area contributed by atoms with Crippen LogP contribution >= 0.6 is 11.3 Å². The minimum Gasteiger partial charge on any atom is -0.503 e. The predicted molar refractivity (Wildman–Crippen MR) is 86.0 cm³/mol. The summed E-state index contributed by atoms with van der Waals surface area (Å²) in [5.74, 6) is -6.82. The topological polar surface area (TPSA) is 56.7 Å². The van der Waals surface area contributed by atoms with Gasteiger partial charge in [-0.1, -0.05) is 0 Å². The molecule has 1 aliphatic rings. The first kappa shape index (κ1) is 17.7. The lowest BCUT2D eigenvalue weighted by molar-refractivity contribution is 0.0623. The summed E-state index contributed by atoms with van der Waals surface area (Å²) in [6, 6.07) is 0.485. The fraction of sp³-hybridized carbons (Fsp3) is 0.375. The summed E-state index contributed by atoms with van der Waals surface area (Å²) in [5, 5.41) is 10.2. The molecule has 0 spiro atoms. The number of phenolic OH excluding ortho intramolecular Hbond substituents is 1. The maximum atomic E-state index is 13.9. The first-order valence-electron chi connectivity index (χ1n) is 7.66. The molecule has 0 aliphatic carbocycles. The fourth-order valence-corrected chi connectivity index (χ4v) is 3.56. The van der Waals surface area contributed by atoms with E-state index in [1.165, 1.54) is 4.90 Å². The number of piperazine rings is 1. The first-order valence-corrected chi connectivity index (χ1v) is 8.48. The summed E-state index contributed by atoms with van der Waals surface area (Å²) in [5.41, 5.74) is -0.664. The highest BCUT2D eigenvalue weighted by atomic mass is 32.1. The van der Waals surface area contributed by atoms with E-state index < -0.39 is 34.7 Å². The summed E-state index contributed by atoms with van der Waals surface area (Å²) < 4.78 is 40.4. The first-order chi connectivity index (χ1) is 11.9. The van der Waals surface area contributed by atoms with Gasteiger partial charge in [-0.05, 0) is 13.0 Å². The molecule has 1 aromatic heterocycles. The third-order valence-corrected chi connectivity index (χ3v) is 4.97. The third kappa shape index (κ3) is 3.62. The van der Waals surface area contributed by atoms with E-state index >= 15 is 0 Å². The Kier molecular flexibility index (Phi) is 4.96. The second-order valence-electron chi connectivity index (χ2n) is 5.80. The Morgan fingerprint density at radius 1 is 1.24 bits per heavy atom. The number of carbonyl (C=O) groups is 1. The van der Waals surface area contributed by atoms with Crippen LogP contribution in [0.15, 0.2) is 12.3 Å². The zero-order valence-electron chi connectivity index (χ0n) is 13.4. The number of halogens is 3. The molecular weight excluding hydrogens is 355 g/mol. The van der Waals surface area contributed by atoms with Gasteiger partial charge in [-0.2, -0.15) is 4.39 Å². The summed E-state index contributed by atoms with van der Waals surface area (Å²) in [6.07, 6.45) is 1.82.